The molecule has 23 heavy (non-hydrogen) atoms. The number of nitrogens with zero attached hydrogens (tertiary/aromatic N) is 6. The molecular formula is C14H14ClN7O. The Hall–Kier alpha value is -2.74. The number of carbonyl (C=O) groups excluding carboxylic acids is 1. The molecule has 3 aromatic heterocycles. The molecule has 0 fully saturated rings. The van der Waals surface area contributed by atoms with Gasteiger partial charge in [-0.2, -0.15) is 0 Å². The summed E-state index contributed by atoms with van der Waals surface area (Å²) in [6.45, 7) is 3.84. The second-order valence-corrected chi connectivity index (χ2v) is 5.47. The molecule has 0 aliphatic heterocycles. The van der Waals surface area contributed by atoms with Gasteiger partial charge in [0.1, 0.15) is 5.69 Å². The maximum absolute atomic E-state index is 12.3. The number of rotatable bonds is 4. The molecule has 0 aromatic carbocycles. The Kier molecular flexibility index (Phi) is 4.07. The number of carbonyl (C=O) groups is 1. The van der Waals surface area contributed by atoms with Crippen LogP contribution >= 0.6 is 11.6 Å². The highest BCUT2D eigenvalue weighted by atomic mass is 35.5. The van der Waals surface area contributed by atoms with E-state index in [1.54, 1.807) is 35.3 Å². The van der Waals surface area contributed by atoms with E-state index in [0.29, 0.717) is 22.4 Å². The summed E-state index contributed by atoms with van der Waals surface area (Å²) in [5.41, 5.74) is 0.366. The topological polar surface area (TPSA) is 90.5 Å². The summed E-state index contributed by atoms with van der Waals surface area (Å²) in [7, 11) is 0. The second-order valence-electron chi connectivity index (χ2n) is 5.07. The van der Waals surface area contributed by atoms with E-state index in [1.807, 2.05) is 13.8 Å². The molecule has 3 aromatic rings. The molecule has 0 atom stereocenters. The summed E-state index contributed by atoms with van der Waals surface area (Å²) in [6.07, 6.45) is 4.71. The van der Waals surface area contributed by atoms with Crippen molar-refractivity contribution in [1.29, 1.82) is 0 Å². The third-order valence-corrected chi connectivity index (χ3v) is 3.38. The van der Waals surface area contributed by atoms with E-state index in [2.05, 4.69) is 25.7 Å². The predicted molar refractivity (Wildman–Crippen MR) is 84.7 cm³/mol. The lowest BCUT2D eigenvalue weighted by Crippen LogP contribution is -2.19. The van der Waals surface area contributed by atoms with Crippen LogP contribution in [0.5, 0.6) is 0 Å². The molecule has 0 saturated heterocycles. The largest absolute Gasteiger partial charge is 0.304 e. The first-order chi connectivity index (χ1) is 11.1. The molecule has 9 heteroatoms. The highest BCUT2D eigenvalue weighted by Gasteiger charge is 2.16. The number of halogens is 1. The number of hydrogen-bond acceptors (Lipinski definition) is 5. The maximum atomic E-state index is 12.3. The monoisotopic (exact) mass is 331 g/mol. The van der Waals surface area contributed by atoms with Crippen molar-refractivity contribution in [2.75, 3.05) is 5.32 Å². The highest BCUT2D eigenvalue weighted by Crippen LogP contribution is 2.18. The van der Waals surface area contributed by atoms with Crippen LogP contribution < -0.4 is 5.32 Å². The lowest BCUT2D eigenvalue weighted by molar-refractivity contribution is 0.101. The molecule has 0 aliphatic carbocycles. The molecule has 0 bridgehead atoms. The van der Waals surface area contributed by atoms with Crippen LogP contribution in [0.2, 0.25) is 5.02 Å². The number of amides is 1. The molecule has 3 rings (SSSR count). The van der Waals surface area contributed by atoms with Gasteiger partial charge in [-0.05, 0) is 26.0 Å². The van der Waals surface area contributed by atoms with Crippen molar-refractivity contribution in [3.8, 4) is 5.82 Å². The zero-order chi connectivity index (χ0) is 16.4. The van der Waals surface area contributed by atoms with Gasteiger partial charge < -0.3 is 5.32 Å². The molecule has 1 amide bonds. The van der Waals surface area contributed by atoms with Crippen LogP contribution in [0.25, 0.3) is 5.82 Å². The SMILES string of the molecule is CC(C)n1nncc1C(=O)Nc1ccn(-c2ncccc2Cl)n1. The first-order valence-electron chi connectivity index (χ1n) is 6.94. The molecule has 118 valence electrons. The summed E-state index contributed by atoms with van der Waals surface area (Å²) >= 11 is 6.08. The highest BCUT2D eigenvalue weighted by molar-refractivity contribution is 6.32. The van der Waals surface area contributed by atoms with E-state index >= 15 is 0 Å². The van der Waals surface area contributed by atoms with Crippen molar-refractivity contribution in [1.82, 2.24) is 29.8 Å². The third-order valence-electron chi connectivity index (χ3n) is 3.08. The van der Waals surface area contributed by atoms with Crippen LogP contribution in [-0.4, -0.2) is 35.7 Å². The number of anilines is 1. The van der Waals surface area contributed by atoms with Crippen molar-refractivity contribution in [2.24, 2.45) is 0 Å². The van der Waals surface area contributed by atoms with Crippen LogP contribution in [-0.2, 0) is 0 Å². The van der Waals surface area contributed by atoms with Crippen LogP contribution in [0, 0.1) is 0 Å². The van der Waals surface area contributed by atoms with Gasteiger partial charge in [0.2, 0.25) is 0 Å². The van der Waals surface area contributed by atoms with Crippen molar-refractivity contribution in [2.45, 2.75) is 19.9 Å². The Morgan fingerprint density at radius 3 is 2.91 bits per heavy atom. The molecule has 0 spiro atoms. The van der Waals surface area contributed by atoms with Gasteiger partial charge in [0.25, 0.3) is 5.91 Å². The van der Waals surface area contributed by atoms with E-state index in [9.17, 15) is 4.79 Å². The summed E-state index contributed by atoms with van der Waals surface area (Å²) in [5, 5.41) is 15.1. The minimum absolute atomic E-state index is 0.0307. The fourth-order valence-electron chi connectivity index (χ4n) is 2.02. The minimum atomic E-state index is -0.332. The normalized spacial score (nSPS) is 11.0. The Morgan fingerprint density at radius 2 is 2.17 bits per heavy atom. The van der Waals surface area contributed by atoms with Crippen LogP contribution in [0.4, 0.5) is 5.82 Å². The second kappa shape index (κ2) is 6.17. The van der Waals surface area contributed by atoms with Crippen LogP contribution in [0.3, 0.4) is 0 Å². The van der Waals surface area contributed by atoms with Crippen LogP contribution in [0.1, 0.15) is 30.4 Å². The van der Waals surface area contributed by atoms with Gasteiger partial charge in [-0.3, -0.25) is 4.79 Å². The van der Waals surface area contributed by atoms with E-state index < -0.39 is 0 Å². The predicted octanol–water partition coefficient (Wildman–Crippen LogP) is 2.35. The van der Waals surface area contributed by atoms with Gasteiger partial charge in [-0.1, -0.05) is 16.8 Å². The smallest absolute Gasteiger partial charge is 0.276 e. The molecule has 1 N–H and O–H groups in total. The average molecular weight is 332 g/mol. The average Bonchev–Trinajstić information content (AvgIpc) is 3.16. The van der Waals surface area contributed by atoms with Gasteiger partial charge in [0, 0.05) is 24.5 Å². The minimum Gasteiger partial charge on any atom is -0.304 e. The zero-order valence-corrected chi connectivity index (χ0v) is 13.3. The fraction of sp³-hybridized carbons (Fsp3) is 0.214. The Balaban J connectivity index is 1.81. The maximum Gasteiger partial charge on any atom is 0.276 e. The summed E-state index contributed by atoms with van der Waals surface area (Å²) in [4.78, 5) is 16.5. The van der Waals surface area contributed by atoms with Crippen molar-refractivity contribution in [3.63, 3.8) is 0 Å². The number of pyridine rings is 1. The number of nitrogens with one attached hydrogen (secondary N) is 1. The summed E-state index contributed by atoms with van der Waals surface area (Å²) in [6, 6.07) is 5.14. The number of aromatic nitrogens is 6. The first kappa shape index (κ1) is 15.2. The zero-order valence-electron chi connectivity index (χ0n) is 12.5. The lowest BCUT2D eigenvalue weighted by atomic mass is 10.3. The van der Waals surface area contributed by atoms with Gasteiger partial charge in [0.15, 0.2) is 11.6 Å². The number of hydrogen-bond donors (Lipinski definition) is 1. The Bertz CT molecular complexity index is 839. The fourth-order valence-corrected chi connectivity index (χ4v) is 2.23. The van der Waals surface area contributed by atoms with E-state index in [0.717, 1.165) is 0 Å². The molecule has 0 aliphatic rings. The van der Waals surface area contributed by atoms with Gasteiger partial charge in [0.05, 0.1) is 11.2 Å². The molecule has 8 nitrogen and oxygen atoms in total. The molecule has 0 radical (unpaired) electrons. The van der Waals surface area contributed by atoms with E-state index in [-0.39, 0.29) is 11.9 Å². The van der Waals surface area contributed by atoms with Crippen LogP contribution in [0.15, 0.2) is 36.8 Å². The van der Waals surface area contributed by atoms with E-state index in [1.165, 1.54) is 10.9 Å². The van der Waals surface area contributed by atoms with Crippen molar-refractivity contribution < 1.29 is 4.79 Å². The molecule has 0 saturated carbocycles. The van der Waals surface area contributed by atoms with Crippen molar-refractivity contribution >= 4 is 23.3 Å². The van der Waals surface area contributed by atoms with Gasteiger partial charge >= 0.3 is 0 Å². The van der Waals surface area contributed by atoms with Gasteiger partial charge in [-0.25, -0.2) is 14.3 Å². The first-order valence-corrected chi connectivity index (χ1v) is 7.32. The summed E-state index contributed by atoms with van der Waals surface area (Å²) in [5.74, 6) is 0.540. The quantitative estimate of drug-likeness (QED) is 0.792. The molecule has 3 heterocycles. The molecule has 0 unspecified atom stereocenters. The lowest BCUT2D eigenvalue weighted by Gasteiger charge is -2.08. The van der Waals surface area contributed by atoms with Crippen molar-refractivity contribution in [3.05, 3.63) is 47.5 Å². The standard InChI is InChI=1S/C14H14ClN7O/c1-9(2)22-11(8-17-20-22)14(23)18-12-5-7-21(19-12)13-10(15)4-3-6-16-13/h3-9H,1-2H3,(H,18,19,23). The van der Waals surface area contributed by atoms with Gasteiger partial charge in [-0.15, -0.1) is 10.2 Å². The van der Waals surface area contributed by atoms with E-state index in [4.69, 9.17) is 11.6 Å². The third kappa shape index (κ3) is 3.07. The summed E-state index contributed by atoms with van der Waals surface area (Å²) < 4.78 is 3.04. The Morgan fingerprint density at radius 1 is 1.35 bits per heavy atom. The Labute approximate surface area is 137 Å². The molecular weight excluding hydrogens is 318 g/mol.